The molecule has 13 rings (SSSR count). The quantitative estimate of drug-likeness (QED) is 0.140. The van der Waals surface area contributed by atoms with Crippen LogP contribution in [0.2, 0.25) is 0 Å². The highest BCUT2D eigenvalue weighted by molar-refractivity contribution is 6.16. The summed E-state index contributed by atoms with van der Waals surface area (Å²) in [4.78, 5) is 2.39. The third kappa shape index (κ3) is 7.35. The molecule has 2 nitrogen and oxygen atoms in total. The first-order chi connectivity index (χ1) is 35.0. The van der Waals surface area contributed by atoms with Crippen molar-refractivity contribution in [3.05, 3.63) is 278 Å². The smallest absolute Gasteiger partial charge is 0.0547 e. The minimum atomic E-state index is -0.115. The predicted octanol–water partition coefficient (Wildman–Crippen LogP) is 18.9. The van der Waals surface area contributed by atoms with E-state index in [9.17, 15) is 0 Å². The fourth-order valence-electron chi connectivity index (χ4n) is 11.3. The Kier molecular flexibility index (Phi) is 10.2. The van der Waals surface area contributed by atoms with Gasteiger partial charge in [0.1, 0.15) is 0 Å². The van der Waals surface area contributed by atoms with Crippen LogP contribution in [0.4, 0.5) is 17.1 Å². The molecule has 0 atom stereocenters. The first kappa shape index (κ1) is 42.1. The Morgan fingerprint density at radius 1 is 0.296 bits per heavy atom. The Morgan fingerprint density at radius 3 is 1.46 bits per heavy atom. The van der Waals surface area contributed by atoms with E-state index in [0.717, 1.165) is 28.3 Å². The van der Waals surface area contributed by atoms with Crippen LogP contribution in [0.25, 0.3) is 94.3 Å². The summed E-state index contributed by atoms with van der Waals surface area (Å²) in [5.74, 6) is 0. The Labute approximate surface area is 416 Å². The second-order valence-electron chi connectivity index (χ2n) is 19.3. The maximum Gasteiger partial charge on any atom is 0.0547 e. The van der Waals surface area contributed by atoms with Gasteiger partial charge in [0.25, 0.3) is 0 Å². The molecule has 0 N–H and O–H groups in total. The molecule has 1 aromatic heterocycles. The first-order valence-corrected chi connectivity index (χ1v) is 24.7. The summed E-state index contributed by atoms with van der Waals surface area (Å²) < 4.78 is 2.41. The number of benzene rings is 11. The largest absolute Gasteiger partial charge is 0.310 e. The van der Waals surface area contributed by atoms with E-state index < -0.39 is 0 Å². The molecule has 0 radical (unpaired) electrons. The molecule has 0 saturated heterocycles. The minimum absolute atomic E-state index is 0.115. The Hall–Kier alpha value is -8.98. The van der Waals surface area contributed by atoms with Crippen molar-refractivity contribution in [2.75, 3.05) is 4.90 Å². The van der Waals surface area contributed by atoms with E-state index in [-0.39, 0.29) is 5.41 Å². The SMILES string of the molecule is CC1(C)c2ccccc2-c2ccc(-c3cc(-c4ccc(N(c5ccccc5)c5cc(-c6ccccc6)cc(-c6ccccc6)c5)cc4)cc(-c4cccc5c4c4ccccc4n5-c4ccccc4)c3)cc21. The number of hydrogen-bond acceptors (Lipinski definition) is 1. The Balaban J connectivity index is 0.986. The molecule has 0 fully saturated rings. The summed E-state index contributed by atoms with van der Waals surface area (Å²) in [5.41, 5.74) is 23.9. The molecule has 1 aliphatic rings. The summed E-state index contributed by atoms with van der Waals surface area (Å²) in [6.45, 7) is 4.74. The molecular weight excluding hydrogens is 857 g/mol. The van der Waals surface area contributed by atoms with Crippen molar-refractivity contribution in [2.24, 2.45) is 0 Å². The van der Waals surface area contributed by atoms with Gasteiger partial charge in [-0.3, -0.25) is 0 Å². The van der Waals surface area contributed by atoms with Crippen molar-refractivity contribution < 1.29 is 0 Å². The molecular formula is C69H50N2. The van der Waals surface area contributed by atoms with Gasteiger partial charge in [-0.05, 0) is 169 Å². The van der Waals surface area contributed by atoms with Gasteiger partial charge < -0.3 is 9.47 Å². The average molecular weight is 907 g/mol. The predicted molar refractivity (Wildman–Crippen MR) is 300 cm³/mol. The van der Waals surface area contributed by atoms with Crippen molar-refractivity contribution >= 4 is 38.9 Å². The van der Waals surface area contributed by atoms with Crippen LogP contribution < -0.4 is 4.90 Å². The second kappa shape index (κ2) is 17.2. The maximum absolute atomic E-state index is 2.45. The zero-order valence-electron chi connectivity index (χ0n) is 39.8. The van der Waals surface area contributed by atoms with Crippen LogP contribution in [0.3, 0.4) is 0 Å². The minimum Gasteiger partial charge on any atom is -0.310 e. The van der Waals surface area contributed by atoms with Gasteiger partial charge in [0, 0.05) is 38.9 Å². The van der Waals surface area contributed by atoms with Gasteiger partial charge in [-0.25, -0.2) is 0 Å². The zero-order chi connectivity index (χ0) is 47.5. The van der Waals surface area contributed by atoms with Gasteiger partial charge in [0.05, 0.1) is 11.0 Å². The first-order valence-electron chi connectivity index (χ1n) is 24.7. The highest BCUT2D eigenvalue weighted by Crippen LogP contribution is 2.50. The molecule has 0 saturated carbocycles. The zero-order valence-corrected chi connectivity index (χ0v) is 39.8. The van der Waals surface area contributed by atoms with Crippen LogP contribution in [0.5, 0.6) is 0 Å². The summed E-state index contributed by atoms with van der Waals surface area (Å²) >= 11 is 0. The average Bonchev–Trinajstić information content (AvgIpc) is 3.90. The van der Waals surface area contributed by atoms with Gasteiger partial charge >= 0.3 is 0 Å². The lowest BCUT2D eigenvalue weighted by atomic mass is 9.81. The fourth-order valence-corrected chi connectivity index (χ4v) is 11.3. The number of nitrogens with zero attached hydrogens (tertiary/aromatic N) is 2. The van der Waals surface area contributed by atoms with Crippen molar-refractivity contribution in [1.82, 2.24) is 4.57 Å². The van der Waals surface area contributed by atoms with E-state index in [0.29, 0.717) is 0 Å². The van der Waals surface area contributed by atoms with E-state index in [2.05, 4.69) is 290 Å². The summed E-state index contributed by atoms with van der Waals surface area (Å²) in [6, 6.07) is 97.9. The molecule has 1 aliphatic carbocycles. The lowest BCUT2D eigenvalue weighted by molar-refractivity contribution is 0.660. The molecule has 0 spiro atoms. The fraction of sp³-hybridized carbons (Fsp3) is 0.0435. The summed E-state index contributed by atoms with van der Waals surface area (Å²) in [7, 11) is 0. The van der Waals surface area contributed by atoms with E-state index in [1.807, 2.05) is 0 Å². The Bertz CT molecular complexity index is 3870. The lowest BCUT2D eigenvalue weighted by Gasteiger charge is -2.27. The van der Waals surface area contributed by atoms with Crippen LogP contribution in [-0.2, 0) is 5.41 Å². The normalized spacial score (nSPS) is 12.5. The van der Waals surface area contributed by atoms with Gasteiger partial charge in [0.15, 0.2) is 0 Å². The lowest BCUT2D eigenvalue weighted by Crippen LogP contribution is -2.14. The highest BCUT2D eigenvalue weighted by atomic mass is 15.1. The number of fused-ring (bicyclic) bond motifs is 6. The monoisotopic (exact) mass is 906 g/mol. The van der Waals surface area contributed by atoms with Crippen LogP contribution in [0, 0.1) is 0 Å². The standard InChI is InChI=1S/C69H50N2/c1-69(2)64-31-17-15-28-61(64)62-39-36-50(46-65(62)69)52-40-51(42-55(43-52)60-30-19-33-67-68(60)63-29-16-18-32-66(63)71(67)57-26-13-6-14-27-57)49-34-37-58(38-35-49)70(56-24-11-5-12-25-56)59-44-53(47-20-7-3-8-21-47)41-54(45-59)48-22-9-4-10-23-48/h3-46H,1-2H3. The van der Waals surface area contributed by atoms with Crippen LogP contribution >= 0.6 is 0 Å². The van der Waals surface area contributed by atoms with Gasteiger partial charge in [-0.1, -0.05) is 190 Å². The van der Waals surface area contributed by atoms with E-state index in [1.54, 1.807) is 0 Å². The van der Waals surface area contributed by atoms with Gasteiger partial charge in [-0.2, -0.15) is 0 Å². The molecule has 0 aliphatic heterocycles. The van der Waals surface area contributed by atoms with Gasteiger partial charge in [0.2, 0.25) is 0 Å². The number of hydrogen-bond donors (Lipinski definition) is 0. The van der Waals surface area contributed by atoms with Crippen LogP contribution in [0.15, 0.2) is 267 Å². The molecule has 12 aromatic rings. The number of aromatic nitrogens is 1. The van der Waals surface area contributed by atoms with E-state index >= 15 is 0 Å². The maximum atomic E-state index is 2.45. The summed E-state index contributed by atoms with van der Waals surface area (Å²) in [6.07, 6.45) is 0. The van der Waals surface area contributed by atoms with Crippen molar-refractivity contribution in [3.63, 3.8) is 0 Å². The molecule has 0 amide bonds. The number of anilines is 3. The topological polar surface area (TPSA) is 8.17 Å². The molecule has 1 heterocycles. The third-order valence-electron chi connectivity index (χ3n) is 14.7. The van der Waals surface area contributed by atoms with E-state index in [4.69, 9.17) is 0 Å². The molecule has 0 bridgehead atoms. The summed E-state index contributed by atoms with van der Waals surface area (Å²) in [5, 5.41) is 2.49. The Morgan fingerprint density at radius 2 is 0.775 bits per heavy atom. The van der Waals surface area contributed by atoms with Crippen LogP contribution in [-0.4, -0.2) is 4.57 Å². The molecule has 71 heavy (non-hydrogen) atoms. The molecule has 2 heteroatoms. The third-order valence-corrected chi connectivity index (χ3v) is 14.7. The van der Waals surface area contributed by atoms with Crippen LogP contribution in [0.1, 0.15) is 25.0 Å². The number of rotatable bonds is 9. The highest BCUT2D eigenvalue weighted by Gasteiger charge is 2.35. The second-order valence-corrected chi connectivity index (χ2v) is 19.3. The van der Waals surface area contributed by atoms with Crippen molar-refractivity contribution in [1.29, 1.82) is 0 Å². The molecule has 336 valence electrons. The number of para-hydroxylation sites is 3. The molecule has 11 aromatic carbocycles. The molecule has 0 unspecified atom stereocenters. The van der Waals surface area contributed by atoms with E-state index in [1.165, 1.54) is 94.1 Å². The van der Waals surface area contributed by atoms with Crippen molar-refractivity contribution in [3.8, 4) is 72.4 Å². The van der Waals surface area contributed by atoms with Gasteiger partial charge in [-0.15, -0.1) is 0 Å². The van der Waals surface area contributed by atoms with Crippen molar-refractivity contribution in [2.45, 2.75) is 19.3 Å².